The second kappa shape index (κ2) is 6.99. The van der Waals surface area contributed by atoms with Crippen LogP contribution in [0.1, 0.15) is 39.7 Å². The summed E-state index contributed by atoms with van der Waals surface area (Å²) in [6.07, 6.45) is 1.16. The van der Waals surface area contributed by atoms with Crippen LogP contribution in [0.2, 0.25) is 0 Å². The van der Waals surface area contributed by atoms with Gasteiger partial charge in [-0.25, -0.2) is 4.39 Å². The third-order valence-corrected chi connectivity index (χ3v) is 5.79. The Morgan fingerprint density at radius 3 is 2.36 bits per heavy atom. The van der Waals surface area contributed by atoms with E-state index >= 15 is 0 Å². The maximum absolute atomic E-state index is 14.7. The highest BCUT2D eigenvalue weighted by molar-refractivity contribution is 6.62. The molecule has 0 unspecified atom stereocenters. The predicted octanol–water partition coefficient (Wildman–Crippen LogP) is 2.26. The van der Waals surface area contributed by atoms with Crippen molar-refractivity contribution in [3.05, 3.63) is 29.6 Å². The van der Waals surface area contributed by atoms with Crippen LogP contribution in [-0.2, 0) is 15.9 Å². The first-order chi connectivity index (χ1) is 11.7. The molecule has 0 radical (unpaired) electrons. The molecule has 25 heavy (non-hydrogen) atoms. The van der Waals surface area contributed by atoms with Crippen molar-refractivity contribution in [1.82, 2.24) is 9.80 Å². The van der Waals surface area contributed by atoms with E-state index in [0.717, 1.165) is 44.7 Å². The minimum absolute atomic E-state index is 0.247. The Kier molecular flexibility index (Phi) is 5.27. The van der Waals surface area contributed by atoms with E-state index in [4.69, 9.17) is 9.31 Å². The molecule has 2 aliphatic heterocycles. The Morgan fingerprint density at radius 1 is 1.04 bits per heavy atom. The molecule has 1 aromatic rings. The summed E-state index contributed by atoms with van der Waals surface area (Å²) in [7, 11) is 1.51. The topological polar surface area (TPSA) is 24.9 Å². The first kappa shape index (κ1) is 18.8. The van der Waals surface area contributed by atoms with Crippen LogP contribution in [0.3, 0.4) is 0 Å². The Bertz CT molecular complexity index is 607. The average Bonchev–Trinajstić information content (AvgIpc) is 2.63. The van der Waals surface area contributed by atoms with Gasteiger partial charge in [-0.15, -0.1) is 0 Å². The molecule has 0 saturated carbocycles. The monoisotopic (exact) mass is 348 g/mol. The van der Waals surface area contributed by atoms with E-state index in [2.05, 4.69) is 16.8 Å². The van der Waals surface area contributed by atoms with Crippen molar-refractivity contribution < 1.29 is 13.7 Å². The zero-order valence-electron chi connectivity index (χ0n) is 16.1. The van der Waals surface area contributed by atoms with Gasteiger partial charge >= 0.3 is 7.12 Å². The van der Waals surface area contributed by atoms with E-state index in [-0.39, 0.29) is 5.82 Å². The highest BCUT2D eigenvalue weighted by Gasteiger charge is 2.52. The number of nitrogens with zero attached hydrogens (tertiary/aromatic N) is 2. The van der Waals surface area contributed by atoms with Crippen molar-refractivity contribution >= 4 is 12.6 Å². The molecule has 0 amide bonds. The van der Waals surface area contributed by atoms with Gasteiger partial charge in [0.05, 0.1) is 11.2 Å². The quantitative estimate of drug-likeness (QED) is 0.783. The van der Waals surface area contributed by atoms with Gasteiger partial charge in [0.25, 0.3) is 0 Å². The number of benzene rings is 1. The maximum Gasteiger partial charge on any atom is 0.497 e. The second-order valence-electron chi connectivity index (χ2n) is 8.38. The molecule has 6 heteroatoms. The van der Waals surface area contributed by atoms with E-state index in [0.29, 0.717) is 5.46 Å². The zero-order chi connectivity index (χ0) is 18.2. The van der Waals surface area contributed by atoms with Crippen molar-refractivity contribution in [2.45, 2.75) is 51.9 Å². The maximum atomic E-state index is 14.7. The highest BCUT2D eigenvalue weighted by atomic mass is 19.1. The number of hydrogen-bond acceptors (Lipinski definition) is 4. The van der Waals surface area contributed by atoms with Crippen molar-refractivity contribution in [2.24, 2.45) is 0 Å². The summed E-state index contributed by atoms with van der Waals surface area (Å²) in [4.78, 5) is 4.74. The molecule has 0 aliphatic carbocycles. The van der Waals surface area contributed by atoms with Gasteiger partial charge in [-0.1, -0.05) is 12.1 Å². The molecular formula is C19H30BFN2O2. The summed E-state index contributed by atoms with van der Waals surface area (Å²) in [5, 5.41) is 0. The summed E-state index contributed by atoms with van der Waals surface area (Å²) in [6.45, 7) is 13.0. The molecule has 0 N–H and O–H groups in total. The van der Waals surface area contributed by atoms with Gasteiger partial charge in [-0.05, 0) is 65.9 Å². The van der Waals surface area contributed by atoms with Crippen molar-refractivity contribution in [3.8, 4) is 0 Å². The minimum Gasteiger partial charge on any atom is -0.399 e. The lowest BCUT2D eigenvalue weighted by molar-refractivity contribution is 0.00578. The number of rotatable bonds is 3. The van der Waals surface area contributed by atoms with Gasteiger partial charge in [0.15, 0.2) is 0 Å². The summed E-state index contributed by atoms with van der Waals surface area (Å²) in [5.41, 5.74) is 0.571. The van der Waals surface area contributed by atoms with Gasteiger partial charge < -0.3 is 14.2 Å². The summed E-state index contributed by atoms with van der Waals surface area (Å²) >= 11 is 0. The van der Waals surface area contributed by atoms with Gasteiger partial charge in [0.2, 0.25) is 0 Å². The summed E-state index contributed by atoms with van der Waals surface area (Å²) in [5.74, 6) is -0.247. The molecule has 1 aromatic carbocycles. The normalized spacial score (nSPS) is 24.5. The Labute approximate surface area is 151 Å². The first-order valence-corrected chi connectivity index (χ1v) is 9.23. The fraction of sp³-hybridized carbons (Fsp3) is 0.684. The number of hydrogen-bond donors (Lipinski definition) is 0. The fourth-order valence-corrected chi connectivity index (χ4v) is 3.35. The Morgan fingerprint density at radius 2 is 1.72 bits per heavy atom. The van der Waals surface area contributed by atoms with Crippen LogP contribution in [-0.4, -0.2) is 61.3 Å². The van der Waals surface area contributed by atoms with Gasteiger partial charge in [-0.3, -0.25) is 4.90 Å². The van der Waals surface area contributed by atoms with Crippen LogP contribution in [0, 0.1) is 5.82 Å². The summed E-state index contributed by atoms with van der Waals surface area (Å²) in [6, 6.07) is 5.45. The number of halogens is 1. The number of likely N-dealkylation sites (N-methyl/N-ethyl adjacent to an activating group) is 1. The van der Waals surface area contributed by atoms with Gasteiger partial charge in [0.1, 0.15) is 5.82 Å². The van der Waals surface area contributed by atoms with Crippen LogP contribution in [0.15, 0.2) is 18.2 Å². The molecule has 2 aliphatic rings. The van der Waals surface area contributed by atoms with E-state index in [9.17, 15) is 4.39 Å². The Balaban J connectivity index is 1.69. The molecule has 0 aromatic heterocycles. The minimum atomic E-state index is -0.647. The van der Waals surface area contributed by atoms with Crippen LogP contribution in [0.25, 0.3) is 0 Å². The fourth-order valence-electron chi connectivity index (χ4n) is 3.35. The second-order valence-corrected chi connectivity index (χ2v) is 8.38. The first-order valence-electron chi connectivity index (χ1n) is 9.23. The highest BCUT2D eigenvalue weighted by Crippen LogP contribution is 2.36. The Hall–Kier alpha value is -0.945. The molecule has 0 atom stereocenters. The SMILES string of the molecule is CN1CCCN(Cc2ccc(B3OC(C)(C)C(C)(C)O3)c(F)c2)CC1. The molecule has 0 spiro atoms. The van der Waals surface area contributed by atoms with E-state index in [1.54, 1.807) is 6.07 Å². The summed E-state index contributed by atoms with van der Waals surface area (Å²) < 4.78 is 26.7. The van der Waals surface area contributed by atoms with Crippen LogP contribution >= 0.6 is 0 Å². The molecule has 3 rings (SSSR count). The van der Waals surface area contributed by atoms with Crippen molar-refractivity contribution in [1.29, 1.82) is 0 Å². The molecule has 138 valence electrons. The zero-order valence-corrected chi connectivity index (χ0v) is 16.1. The lowest BCUT2D eigenvalue weighted by atomic mass is 9.78. The third-order valence-electron chi connectivity index (χ3n) is 5.79. The van der Waals surface area contributed by atoms with Gasteiger partial charge in [0, 0.05) is 25.1 Å². The molecule has 0 bridgehead atoms. The van der Waals surface area contributed by atoms with Gasteiger partial charge in [-0.2, -0.15) is 0 Å². The van der Waals surface area contributed by atoms with E-state index in [1.165, 1.54) is 0 Å². The van der Waals surface area contributed by atoms with Crippen LogP contribution in [0.4, 0.5) is 4.39 Å². The molecule has 4 nitrogen and oxygen atoms in total. The lowest BCUT2D eigenvalue weighted by Crippen LogP contribution is -2.41. The molecule has 2 saturated heterocycles. The standard InChI is InChI=1S/C19H30BFN2O2/c1-18(2)19(3,4)25-20(24-18)16-8-7-15(13-17(16)21)14-23-10-6-9-22(5)11-12-23/h7-8,13H,6,9-12,14H2,1-5H3. The molecular weight excluding hydrogens is 318 g/mol. The van der Waals surface area contributed by atoms with Crippen LogP contribution in [0.5, 0.6) is 0 Å². The van der Waals surface area contributed by atoms with E-state index < -0.39 is 18.3 Å². The smallest absolute Gasteiger partial charge is 0.399 e. The lowest BCUT2D eigenvalue weighted by Gasteiger charge is -2.32. The third kappa shape index (κ3) is 4.08. The average molecular weight is 348 g/mol. The largest absolute Gasteiger partial charge is 0.497 e. The molecule has 2 heterocycles. The predicted molar refractivity (Wildman–Crippen MR) is 99.5 cm³/mol. The van der Waals surface area contributed by atoms with E-state index in [1.807, 2.05) is 39.8 Å². The van der Waals surface area contributed by atoms with Crippen LogP contribution < -0.4 is 5.46 Å². The van der Waals surface area contributed by atoms with Crippen molar-refractivity contribution in [2.75, 3.05) is 33.2 Å². The van der Waals surface area contributed by atoms with Crippen molar-refractivity contribution in [3.63, 3.8) is 0 Å². The molecule has 2 fully saturated rings.